The monoisotopic (exact) mass is 312 g/mol. The Morgan fingerprint density at radius 3 is 2.83 bits per heavy atom. The van der Waals surface area contributed by atoms with Crippen molar-refractivity contribution < 1.29 is 9.53 Å². The van der Waals surface area contributed by atoms with Crippen LogP contribution in [-0.2, 0) is 16.0 Å². The lowest BCUT2D eigenvalue weighted by Gasteiger charge is -2.05. The van der Waals surface area contributed by atoms with Gasteiger partial charge in [0.15, 0.2) is 0 Å². The van der Waals surface area contributed by atoms with Gasteiger partial charge in [-0.1, -0.05) is 11.6 Å². The molecule has 0 radical (unpaired) electrons. The van der Waals surface area contributed by atoms with Gasteiger partial charge in [0.05, 0.1) is 17.5 Å². The van der Waals surface area contributed by atoms with Gasteiger partial charge in [-0.3, -0.25) is 4.79 Å². The molecule has 1 amide bonds. The lowest BCUT2D eigenvalue weighted by molar-refractivity contribution is -0.120. The second-order valence-corrected chi connectivity index (χ2v) is 5.27. The van der Waals surface area contributed by atoms with Gasteiger partial charge in [0.25, 0.3) is 0 Å². The maximum absolute atomic E-state index is 11.4. The maximum Gasteiger partial charge on any atom is 0.233 e. The molecule has 0 saturated heterocycles. The van der Waals surface area contributed by atoms with Crippen LogP contribution in [0, 0.1) is 0 Å². The summed E-state index contributed by atoms with van der Waals surface area (Å²) in [6.45, 7) is 2.27. The molecule has 1 rings (SSSR count). The quantitative estimate of drug-likeness (QED) is 0.719. The summed E-state index contributed by atoms with van der Waals surface area (Å²) in [5.41, 5.74) is 0. The molecule has 1 aromatic rings. The molecule has 2 N–H and O–H groups in total. The highest BCUT2D eigenvalue weighted by Gasteiger charge is 2.01. The second kappa shape index (κ2) is 10.6. The van der Waals surface area contributed by atoms with Gasteiger partial charge in [-0.2, -0.15) is 0 Å². The van der Waals surface area contributed by atoms with Crippen LogP contribution >= 0.6 is 35.3 Å². The average molecular weight is 313 g/mol. The van der Waals surface area contributed by atoms with Crippen LogP contribution in [0.2, 0.25) is 4.34 Å². The molecule has 0 spiro atoms. The molecule has 0 saturated carbocycles. The van der Waals surface area contributed by atoms with E-state index in [-0.39, 0.29) is 18.3 Å². The molecular weight excluding hydrogens is 295 g/mol. The van der Waals surface area contributed by atoms with Crippen molar-refractivity contribution in [3.05, 3.63) is 21.3 Å². The zero-order chi connectivity index (χ0) is 12.5. The van der Waals surface area contributed by atoms with Crippen molar-refractivity contribution in [1.29, 1.82) is 0 Å². The Bertz CT molecular complexity index is 348. The number of hydrogen-bond acceptors (Lipinski definition) is 4. The van der Waals surface area contributed by atoms with Gasteiger partial charge >= 0.3 is 0 Å². The van der Waals surface area contributed by atoms with Gasteiger partial charge in [0.1, 0.15) is 0 Å². The highest BCUT2D eigenvalue weighted by Crippen LogP contribution is 2.21. The highest BCUT2D eigenvalue weighted by atomic mass is 35.5. The van der Waals surface area contributed by atoms with E-state index in [4.69, 9.17) is 16.3 Å². The summed E-state index contributed by atoms with van der Waals surface area (Å²) in [5.74, 6) is 0.00348. The van der Waals surface area contributed by atoms with Gasteiger partial charge in [0, 0.05) is 25.1 Å². The Labute approximate surface area is 122 Å². The Morgan fingerprint density at radius 1 is 1.44 bits per heavy atom. The molecule has 18 heavy (non-hydrogen) atoms. The Kier molecular flexibility index (Phi) is 10.4. The summed E-state index contributed by atoms with van der Waals surface area (Å²) in [7, 11) is 1.63. The van der Waals surface area contributed by atoms with E-state index >= 15 is 0 Å². The minimum atomic E-state index is 0. The fourth-order valence-electron chi connectivity index (χ4n) is 1.25. The first-order valence-corrected chi connectivity index (χ1v) is 6.62. The lowest BCUT2D eigenvalue weighted by Crippen LogP contribution is -2.36. The molecule has 1 heterocycles. The fraction of sp³-hybridized carbons (Fsp3) is 0.545. The standard InChI is InChI=1S/C11H17ClN2O2S.ClH/c1-16-7-6-13-8-11(15)14-5-4-9-2-3-10(12)17-9;/h2-3,13H,4-8H2,1H3,(H,14,15);1H. The van der Waals surface area contributed by atoms with E-state index in [9.17, 15) is 4.79 Å². The molecule has 0 bridgehead atoms. The van der Waals surface area contributed by atoms with Crippen molar-refractivity contribution in [3.63, 3.8) is 0 Å². The van der Waals surface area contributed by atoms with Gasteiger partial charge in [-0.05, 0) is 18.6 Å². The summed E-state index contributed by atoms with van der Waals surface area (Å²) < 4.78 is 5.64. The first-order valence-electron chi connectivity index (χ1n) is 5.43. The third-order valence-corrected chi connectivity index (χ3v) is 3.38. The largest absolute Gasteiger partial charge is 0.383 e. The number of rotatable bonds is 8. The lowest BCUT2D eigenvalue weighted by atomic mass is 10.3. The van der Waals surface area contributed by atoms with Crippen molar-refractivity contribution in [2.45, 2.75) is 6.42 Å². The number of ether oxygens (including phenoxy) is 1. The molecule has 1 aromatic heterocycles. The third-order valence-electron chi connectivity index (χ3n) is 2.09. The average Bonchev–Trinajstić information content (AvgIpc) is 2.71. The van der Waals surface area contributed by atoms with E-state index < -0.39 is 0 Å². The molecule has 0 aliphatic rings. The first kappa shape index (κ1) is 17.7. The van der Waals surface area contributed by atoms with Crippen LogP contribution in [0.15, 0.2) is 12.1 Å². The smallest absolute Gasteiger partial charge is 0.233 e. The molecular formula is C11H18Cl2N2O2S. The van der Waals surface area contributed by atoms with Gasteiger partial charge in [-0.25, -0.2) is 0 Å². The zero-order valence-electron chi connectivity index (χ0n) is 10.2. The Morgan fingerprint density at radius 2 is 2.22 bits per heavy atom. The number of nitrogens with one attached hydrogen (secondary N) is 2. The SMILES string of the molecule is COCCNCC(=O)NCCc1ccc(Cl)s1.Cl. The van der Waals surface area contributed by atoms with Crippen molar-refractivity contribution in [3.8, 4) is 0 Å². The van der Waals surface area contributed by atoms with E-state index in [0.717, 1.165) is 10.8 Å². The number of carbonyl (C=O) groups excluding carboxylic acids is 1. The van der Waals surface area contributed by atoms with E-state index in [1.807, 2.05) is 12.1 Å². The van der Waals surface area contributed by atoms with Crippen LogP contribution < -0.4 is 10.6 Å². The van der Waals surface area contributed by atoms with Gasteiger partial charge in [0.2, 0.25) is 5.91 Å². The zero-order valence-corrected chi connectivity index (χ0v) is 12.6. The van der Waals surface area contributed by atoms with E-state index in [0.29, 0.717) is 26.2 Å². The molecule has 0 aliphatic carbocycles. The summed E-state index contributed by atoms with van der Waals surface area (Å²) in [6.07, 6.45) is 0.821. The number of methoxy groups -OCH3 is 1. The summed E-state index contributed by atoms with van der Waals surface area (Å²) in [4.78, 5) is 12.5. The summed E-state index contributed by atoms with van der Waals surface area (Å²) in [5, 5.41) is 5.82. The van der Waals surface area contributed by atoms with Crippen molar-refractivity contribution >= 4 is 41.3 Å². The molecule has 0 fully saturated rings. The minimum absolute atomic E-state index is 0. The normalized spacial score (nSPS) is 9.89. The van der Waals surface area contributed by atoms with Crippen molar-refractivity contribution in [2.24, 2.45) is 0 Å². The predicted molar refractivity (Wildman–Crippen MR) is 78.0 cm³/mol. The molecule has 0 unspecified atom stereocenters. The first-order chi connectivity index (χ1) is 8.22. The second-order valence-electron chi connectivity index (χ2n) is 3.48. The van der Waals surface area contributed by atoms with Crippen LogP contribution in [0.1, 0.15) is 4.88 Å². The molecule has 0 atom stereocenters. The summed E-state index contributed by atoms with van der Waals surface area (Å²) in [6, 6.07) is 3.85. The van der Waals surface area contributed by atoms with Crippen LogP contribution in [0.3, 0.4) is 0 Å². The Balaban J connectivity index is 0.00000289. The number of halogens is 2. The van der Waals surface area contributed by atoms with E-state index in [1.54, 1.807) is 18.4 Å². The number of hydrogen-bond donors (Lipinski definition) is 2. The molecule has 0 aromatic carbocycles. The van der Waals surface area contributed by atoms with Gasteiger partial charge < -0.3 is 15.4 Å². The topological polar surface area (TPSA) is 50.4 Å². The number of amides is 1. The molecule has 4 nitrogen and oxygen atoms in total. The highest BCUT2D eigenvalue weighted by molar-refractivity contribution is 7.16. The van der Waals surface area contributed by atoms with Gasteiger partial charge in [-0.15, -0.1) is 23.7 Å². The molecule has 0 aliphatic heterocycles. The molecule has 104 valence electrons. The fourth-order valence-corrected chi connectivity index (χ4v) is 2.34. The van der Waals surface area contributed by atoms with Crippen LogP contribution in [0.4, 0.5) is 0 Å². The number of carbonyl (C=O) groups is 1. The van der Waals surface area contributed by atoms with Crippen LogP contribution in [0.25, 0.3) is 0 Å². The minimum Gasteiger partial charge on any atom is -0.383 e. The van der Waals surface area contributed by atoms with E-state index in [1.165, 1.54) is 4.88 Å². The summed E-state index contributed by atoms with van der Waals surface area (Å²) >= 11 is 7.36. The Hall–Kier alpha value is -0.330. The number of thiophene rings is 1. The van der Waals surface area contributed by atoms with Crippen molar-refractivity contribution in [2.75, 3.05) is 33.4 Å². The van der Waals surface area contributed by atoms with Crippen molar-refractivity contribution in [1.82, 2.24) is 10.6 Å². The predicted octanol–water partition coefficient (Wildman–Crippen LogP) is 1.72. The molecule has 7 heteroatoms. The van der Waals surface area contributed by atoms with Crippen LogP contribution in [0.5, 0.6) is 0 Å². The van der Waals surface area contributed by atoms with Crippen LogP contribution in [-0.4, -0.2) is 39.3 Å². The maximum atomic E-state index is 11.4. The van der Waals surface area contributed by atoms with E-state index in [2.05, 4.69) is 10.6 Å². The third kappa shape index (κ3) is 7.89.